The van der Waals surface area contributed by atoms with Gasteiger partial charge in [-0.05, 0) is 39.3 Å². The maximum absolute atomic E-state index is 12.4. The summed E-state index contributed by atoms with van der Waals surface area (Å²) in [6.07, 6.45) is -1.95. The van der Waals surface area contributed by atoms with Gasteiger partial charge in [0.2, 0.25) is 0 Å². The standard InChI is InChI=1S/C18H21N3O6/c1-9-15(11(3)22)10(2)19-16(9)18(24)27-12(4)17(23)20-13-7-5-6-8-14(13)21(25)26/h5-8,11-12,19,22H,1-4H3,(H,20,23)/t11-,12+/m1/s1. The van der Waals surface area contributed by atoms with Gasteiger partial charge in [-0.3, -0.25) is 14.9 Å². The lowest BCUT2D eigenvalue weighted by Gasteiger charge is -2.13. The van der Waals surface area contributed by atoms with E-state index in [1.165, 1.54) is 25.1 Å². The first-order chi connectivity index (χ1) is 12.6. The van der Waals surface area contributed by atoms with Gasteiger partial charge in [-0.15, -0.1) is 0 Å². The van der Waals surface area contributed by atoms with Gasteiger partial charge in [0, 0.05) is 17.3 Å². The van der Waals surface area contributed by atoms with Crippen LogP contribution in [0.25, 0.3) is 0 Å². The van der Waals surface area contributed by atoms with Crippen LogP contribution >= 0.6 is 0 Å². The Morgan fingerprint density at radius 3 is 2.44 bits per heavy atom. The van der Waals surface area contributed by atoms with E-state index in [-0.39, 0.29) is 17.1 Å². The number of para-hydroxylation sites is 2. The number of nitrogens with zero attached hydrogens (tertiary/aromatic N) is 1. The van der Waals surface area contributed by atoms with Crippen molar-refractivity contribution in [2.24, 2.45) is 0 Å². The SMILES string of the molecule is Cc1[nH]c(C(=O)O[C@@H](C)C(=O)Nc2ccccc2[N+](=O)[O-])c(C)c1[C@@H](C)O. The van der Waals surface area contributed by atoms with E-state index < -0.39 is 29.0 Å². The van der Waals surface area contributed by atoms with E-state index in [1.54, 1.807) is 26.8 Å². The van der Waals surface area contributed by atoms with Gasteiger partial charge in [-0.2, -0.15) is 0 Å². The van der Waals surface area contributed by atoms with Crippen LogP contribution in [0.5, 0.6) is 0 Å². The van der Waals surface area contributed by atoms with Crippen LogP contribution in [0, 0.1) is 24.0 Å². The first-order valence-corrected chi connectivity index (χ1v) is 8.25. The molecule has 9 nitrogen and oxygen atoms in total. The van der Waals surface area contributed by atoms with Gasteiger partial charge < -0.3 is 20.1 Å². The monoisotopic (exact) mass is 375 g/mol. The number of benzene rings is 1. The van der Waals surface area contributed by atoms with E-state index in [2.05, 4.69) is 10.3 Å². The number of ether oxygens (including phenoxy) is 1. The highest BCUT2D eigenvalue weighted by Gasteiger charge is 2.25. The number of aliphatic hydroxyl groups is 1. The van der Waals surface area contributed by atoms with Crippen LogP contribution in [0.4, 0.5) is 11.4 Å². The Morgan fingerprint density at radius 2 is 1.89 bits per heavy atom. The number of aliphatic hydroxyl groups excluding tert-OH is 1. The van der Waals surface area contributed by atoms with Crippen LogP contribution in [0.15, 0.2) is 24.3 Å². The smallest absolute Gasteiger partial charge is 0.355 e. The Morgan fingerprint density at radius 1 is 1.26 bits per heavy atom. The van der Waals surface area contributed by atoms with Crippen molar-refractivity contribution in [1.29, 1.82) is 0 Å². The zero-order valence-corrected chi connectivity index (χ0v) is 15.4. The fraction of sp³-hybridized carbons (Fsp3) is 0.333. The molecule has 0 aliphatic heterocycles. The number of nitrogens with one attached hydrogen (secondary N) is 2. The van der Waals surface area contributed by atoms with Gasteiger partial charge in [0.25, 0.3) is 11.6 Å². The minimum Gasteiger partial charge on any atom is -0.448 e. The summed E-state index contributed by atoms with van der Waals surface area (Å²) in [6.45, 7) is 6.33. The number of carbonyl (C=O) groups is 2. The number of aromatic nitrogens is 1. The molecule has 0 spiro atoms. The van der Waals surface area contributed by atoms with Crippen molar-refractivity contribution in [1.82, 2.24) is 4.98 Å². The average molecular weight is 375 g/mol. The first-order valence-electron chi connectivity index (χ1n) is 8.25. The molecule has 1 heterocycles. The van der Waals surface area contributed by atoms with Crippen molar-refractivity contribution in [2.75, 3.05) is 5.32 Å². The van der Waals surface area contributed by atoms with E-state index in [1.807, 2.05) is 0 Å². The molecule has 0 saturated carbocycles. The minimum absolute atomic E-state index is 0.0127. The molecule has 0 saturated heterocycles. The summed E-state index contributed by atoms with van der Waals surface area (Å²) in [5, 5.41) is 23.2. The number of rotatable bonds is 6. The van der Waals surface area contributed by atoms with E-state index in [0.717, 1.165) is 0 Å². The molecule has 2 rings (SSSR count). The highest BCUT2D eigenvalue weighted by atomic mass is 16.6. The molecule has 0 aliphatic rings. The molecule has 27 heavy (non-hydrogen) atoms. The molecule has 0 unspecified atom stereocenters. The normalized spacial score (nSPS) is 12.9. The summed E-state index contributed by atoms with van der Waals surface area (Å²) >= 11 is 0. The highest BCUT2D eigenvalue weighted by Crippen LogP contribution is 2.26. The Kier molecular flexibility index (Phi) is 5.96. The Bertz CT molecular complexity index is 887. The lowest BCUT2D eigenvalue weighted by atomic mass is 10.1. The predicted molar refractivity (Wildman–Crippen MR) is 97.5 cm³/mol. The second kappa shape index (κ2) is 8.00. The van der Waals surface area contributed by atoms with Gasteiger partial charge in [0.1, 0.15) is 11.4 Å². The maximum atomic E-state index is 12.4. The lowest BCUT2D eigenvalue weighted by Crippen LogP contribution is -2.30. The number of nitro benzene ring substituents is 1. The second-order valence-electron chi connectivity index (χ2n) is 6.15. The van der Waals surface area contributed by atoms with Gasteiger partial charge in [-0.25, -0.2) is 4.79 Å². The summed E-state index contributed by atoms with van der Waals surface area (Å²) in [5.41, 5.74) is 1.67. The number of nitro groups is 1. The van der Waals surface area contributed by atoms with Gasteiger partial charge in [0.05, 0.1) is 11.0 Å². The highest BCUT2D eigenvalue weighted by molar-refractivity contribution is 5.98. The van der Waals surface area contributed by atoms with Crippen LogP contribution in [0.3, 0.4) is 0 Å². The van der Waals surface area contributed by atoms with Crippen molar-refractivity contribution < 1.29 is 24.4 Å². The quantitative estimate of drug-likeness (QED) is 0.404. The summed E-state index contributed by atoms with van der Waals surface area (Å²) < 4.78 is 5.17. The number of aryl methyl sites for hydroxylation is 1. The van der Waals surface area contributed by atoms with Gasteiger partial charge >= 0.3 is 5.97 Å². The number of hydrogen-bond acceptors (Lipinski definition) is 6. The third-order valence-electron chi connectivity index (χ3n) is 4.13. The van der Waals surface area contributed by atoms with Gasteiger partial charge in [-0.1, -0.05) is 12.1 Å². The topological polar surface area (TPSA) is 135 Å². The van der Waals surface area contributed by atoms with Crippen LogP contribution < -0.4 is 5.32 Å². The molecule has 2 aromatic rings. The number of anilines is 1. The maximum Gasteiger partial charge on any atom is 0.355 e. The van der Waals surface area contributed by atoms with E-state index in [4.69, 9.17) is 4.74 Å². The predicted octanol–water partition coefficient (Wildman–Crippen LogP) is 2.78. The number of carbonyl (C=O) groups excluding carboxylic acids is 2. The summed E-state index contributed by atoms with van der Waals surface area (Å²) in [7, 11) is 0. The van der Waals surface area contributed by atoms with Crippen LogP contribution in [-0.2, 0) is 9.53 Å². The number of H-pyrrole nitrogens is 1. The van der Waals surface area contributed by atoms with Crippen molar-refractivity contribution >= 4 is 23.3 Å². The fourth-order valence-corrected chi connectivity index (χ4v) is 2.84. The van der Waals surface area contributed by atoms with Crippen molar-refractivity contribution in [3.8, 4) is 0 Å². The van der Waals surface area contributed by atoms with Crippen molar-refractivity contribution in [3.63, 3.8) is 0 Å². The molecule has 1 amide bonds. The zero-order chi connectivity index (χ0) is 20.3. The second-order valence-corrected chi connectivity index (χ2v) is 6.15. The minimum atomic E-state index is -1.18. The number of esters is 1. The molecule has 3 N–H and O–H groups in total. The largest absolute Gasteiger partial charge is 0.448 e. The Labute approximate surface area is 155 Å². The molecular formula is C18H21N3O6. The van der Waals surface area contributed by atoms with Gasteiger partial charge in [0.15, 0.2) is 6.10 Å². The van der Waals surface area contributed by atoms with Crippen LogP contribution in [-0.4, -0.2) is 33.0 Å². The Hall–Kier alpha value is -3.20. The van der Waals surface area contributed by atoms with Crippen molar-refractivity contribution in [3.05, 3.63) is 56.9 Å². The molecule has 0 fully saturated rings. The third-order valence-corrected chi connectivity index (χ3v) is 4.13. The molecule has 2 atom stereocenters. The van der Waals surface area contributed by atoms with Crippen LogP contribution in [0.1, 0.15) is 47.3 Å². The molecule has 0 aliphatic carbocycles. The molecule has 144 valence electrons. The average Bonchev–Trinajstić information content (AvgIpc) is 2.89. The molecule has 1 aromatic heterocycles. The number of amides is 1. The molecule has 1 aromatic carbocycles. The summed E-state index contributed by atoms with van der Waals surface area (Å²) in [6, 6.07) is 5.67. The summed E-state index contributed by atoms with van der Waals surface area (Å²) in [4.78, 5) is 37.9. The third kappa shape index (κ3) is 4.32. The molecule has 0 radical (unpaired) electrons. The molecule has 9 heteroatoms. The van der Waals surface area contributed by atoms with E-state index in [0.29, 0.717) is 16.8 Å². The lowest BCUT2D eigenvalue weighted by molar-refractivity contribution is -0.383. The number of aromatic amines is 1. The molecular weight excluding hydrogens is 354 g/mol. The Balaban J connectivity index is 2.12. The molecule has 0 bridgehead atoms. The first kappa shape index (κ1) is 20.1. The van der Waals surface area contributed by atoms with Crippen molar-refractivity contribution in [2.45, 2.75) is 39.9 Å². The van der Waals surface area contributed by atoms with E-state index in [9.17, 15) is 24.8 Å². The zero-order valence-electron chi connectivity index (χ0n) is 15.4. The number of hydrogen-bond donors (Lipinski definition) is 3. The van der Waals surface area contributed by atoms with Crippen LogP contribution in [0.2, 0.25) is 0 Å². The summed E-state index contributed by atoms with van der Waals surface area (Å²) in [5.74, 6) is -1.46. The fourth-order valence-electron chi connectivity index (χ4n) is 2.84. The van der Waals surface area contributed by atoms with E-state index >= 15 is 0 Å².